The van der Waals surface area contributed by atoms with Crippen molar-refractivity contribution in [1.29, 1.82) is 5.26 Å². The average molecular weight is 545 g/mol. The Morgan fingerprint density at radius 2 is 1.60 bits per heavy atom. The molecule has 1 heterocycles. The van der Waals surface area contributed by atoms with Gasteiger partial charge in [-0.3, -0.25) is 14.4 Å². The molecule has 5 heteroatoms. The number of carbonyl (C=O) groups excluding carboxylic acids is 3. The van der Waals surface area contributed by atoms with E-state index in [1.807, 2.05) is 26.0 Å². The monoisotopic (exact) mass is 544 g/mol. The summed E-state index contributed by atoms with van der Waals surface area (Å²) in [5, 5.41) is 9.95. The molecule has 6 rings (SSSR count). The summed E-state index contributed by atoms with van der Waals surface area (Å²) in [6.07, 6.45) is 11.6. The molecule has 40 heavy (non-hydrogen) atoms. The molecule has 1 aliphatic heterocycles. The van der Waals surface area contributed by atoms with Crippen LogP contribution in [-0.2, 0) is 14.4 Å². The fraction of sp³-hybridized carbons (Fsp3) is 0.771. The number of likely N-dealkylation sites (tertiary alicyclic amines) is 1. The lowest BCUT2D eigenvalue weighted by atomic mass is 9.31. The summed E-state index contributed by atoms with van der Waals surface area (Å²) >= 11 is 0. The third kappa shape index (κ3) is 3.17. The van der Waals surface area contributed by atoms with Crippen LogP contribution in [-0.4, -0.2) is 35.5 Å². The van der Waals surface area contributed by atoms with E-state index in [1.54, 1.807) is 0 Å². The SMILES string of the molecule is CC1(C)CC[C@]2(CN3CCC3=O)CC[C@]3(C)[C@H](C(=O)C=C4[C@@]5(C)C=C(C#N)C(=O)C(C)(C)C5CC[C@]43C)[C@]2(C)C1. The molecule has 0 bridgehead atoms. The molecule has 1 unspecified atom stereocenters. The molecular weight excluding hydrogens is 496 g/mol. The van der Waals surface area contributed by atoms with Gasteiger partial charge in [0.2, 0.25) is 5.91 Å². The van der Waals surface area contributed by atoms with Crippen LogP contribution >= 0.6 is 0 Å². The van der Waals surface area contributed by atoms with Crippen LogP contribution in [0.25, 0.3) is 0 Å². The van der Waals surface area contributed by atoms with Gasteiger partial charge in [0.05, 0.1) is 5.57 Å². The topological polar surface area (TPSA) is 78.2 Å². The van der Waals surface area contributed by atoms with Gasteiger partial charge in [0.15, 0.2) is 11.6 Å². The second-order valence-electron chi connectivity index (χ2n) is 16.8. The molecule has 1 saturated heterocycles. The molecular formula is C35H48N2O3. The van der Waals surface area contributed by atoms with Crippen LogP contribution in [0, 0.1) is 61.1 Å². The number of Topliss-reactive ketones (excluding diaryl/α,β-unsaturated/α-hetero) is 1. The van der Waals surface area contributed by atoms with E-state index in [0.29, 0.717) is 6.42 Å². The van der Waals surface area contributed by atoms with Crippen LogP contribution in [0.15, 0.2) is 23.3 Å². The Morgan fingerprint density at radius 1 is 0.925 bits per heavy atom. The van der Waals surface area contributed by atoms with Crippen molar-refractivity contribution in [3.63, 3.8) is 0 Å². The number of fused-ring (bicyclic) bond motifs is 7. The lowest BCUT2D eigenvalue weighted by Crippen LogP contribution is -2.70. The first-order valence-corrected chi connectivity index (χ1v) is 15.6. The Morgan fingerprint density at radius 3 is 2.20 bits per heavy atom. The zero-order valence-corrected chi connectivity index (χ0v) is 26.0. The largest absolute Gasteiger partial charge is 0.342 e. The minimum atomic E-state index is -0.650. The zero-order valence-electron chi connectivity index (χ0n) is 26.0. The lowest BCUT2D eigenvalue weighted by Gasteiger charge is -2.73. The Labute approximate surface area is 240 Å². The van der Waals surface area contributed by atoms with Gasteiger partial charge in [-0.1, -0.05) is 67.0 Å². The van der Waals surface area contributed by atoms with E-state index in [0.717, 1.165) is 63.6 Å². The van der Waals surface area contributed by atoms with E-state index in [-0.39, 0.29) is 62.0 Å². The van der Waals surface area contributed by atoms with Crippen molar-refractivity contribution in [2.24, 2.45) is 49.7 Å². The van der Waals surface area contributed by atoms with Gasteiger partial charge in [-0.2, -0.15) is 5.26 Å². The van der Waals surface area contributed by atoms with Crippen molar-refractivity contribution < 1.29 is 14.4 Å². The van der Waals surface area contributed by atoms with Gasteiger partial charge in [0.1, 0.15) is 6.07 Å². The molecule has 1 amide bonds. The molecule has 216 valence electrons. The smallest absolute Gasteiger partial charge is 0.224 e. The molecule has 6 aliphatic rings. The second-order valence-corrected chi connectivity index (χ2v) is 16.8. The number of allylic oxidation sites excluding steroid dienone is 4. The van der Waals surface area contributed by atoms with Crippen LogP contribution in [0.5, 0.6) is 0 Å². The van der Waals surface area contributed by atoms with Crippen LogP contribution in [0.1, 0.15) is 107 Å². The Bertz CT molecular complexity index is 1330. The third-order valence-corrected chi connectivity index (χ3v) is 14.1. The molecule has 0 spiro atoms. The highest BCUT2D eigenvalue weighted by atomic mass is 16.2. The fourth-order valence-corrected chi connectivity index (χ4v) is 11.8. The molecule has 5 nitrogen and oxygen atoms in total. The van der Waals surface area contributed by atoms with E-state index in [4.69, 9.17) is 0 Å². The Hall–Kier alpha value is -2.22. The predicted molar refractivity (Wildman–Crippen MR) is 155 cm³/mol. The molecule has 5 aliphatic carbocycles. The number of nitrogens with zero attached hydrogens (tertiary/aromatic N) is 2. The zero-order chi connectivity index (χ0) is 29.3. The van der Waals surface area contributed by atoms with Crippen molar-refractivity contribution in [3.8, 4) is 6.07 Å². The van der Waals surface area contributed by atoms with E-state index < -0.39 is 10.8 Å². The number of hydrogen-bond donors (Lipinski definition) is 0. The van der Waals surface area contributed by atoms with Crippen molar-refractivity contribution in [2.75, 3.05) is 13.1 Å². The van der Waals surface area contributed by atoms with Crippen molar-refractivity contribution in [1.82, 2.24) is 4.90 Å². The predicted octanol–water partition coefficient (Wildman–Crippen LogP) is 6.83. The highest BCUT2D eigenvalue weighted by Gasteiger charge is 2.73. The van der Waals surface area contributed by atoms with E-state index in [1.165, 1.54) is 0 Å². The number of carbonyl (C=O) groups is 3. The number of β-lactam (4-membered cyclic amide) rings is 1. The molecule has 0 aromatic carbocycles. The summed E-state index contributed by atoms with van der Waals surface area (Å²) in [5.74, 6) is 0.378. The summed E-state index contributed by atoms with van der Waals surface area (Å²) < 4.78 is 0. The molecule has 3 saturated carbocycles. The summed E-state index contributed by atoms with van der Waals surface area (Å²) in [6, 6.07) is 2.21. The van der Waals surface area contributed by atoms with Gasteiger partial charge in [-0.05, 0) is 84.0 Å². The number of rotatable bonds is 2. The van der Waals surface area contributed by atoms with Crippen molar-refractivity contribution in [2.45, 2.75) is 107 Å². The van der Waals surface area contributed by atoms with E-state index >= 15 is 0 Å². The molecule has 4 fully saturated rings. The van der Waals surface area contributed by atoms with Crippen LogP contribution in [0.4, 0.5) is 0 Å². The average Bonchev–Trinajstić information content (AvgIpc) is 2.85. The molecule has 0 radical (unpaired) electrons. The molecule has 0 aromatic heterocycles. The van der Waals surface area contributed by atoms with E-state index in [2.05, 4.69) is 52.5 Å². The van der Waals surface area contributed by atoms with Gasteiger partial charge in [0, 0.05) is 36.3 Å². The van der Waals surface area contributed by atoms with Crippen LogP contribution in [0.3, 0.4) is 0 Å². The normalized spacial score (nSPS) is 47.0. The number of amides is 1. The first-order valence-electron chi connectivity index (χ1n) is 15.6. The Kier molecular flexibility index (Phi) is 5.58. The maximum Gasteiger partial charge on any atom is 0.224 e. The van der Waals surface area contributed by atoms with Gasteiger partial charge in [-0.15, -0.1) is 0 Å². The second kappa shape index (κ2) is 7.99. The van der Waals surface area contributed by atoms with Gasteiger partial charge in [-0.25, -0.2) is 0 Å². The first-order chi connectivity index (χ1) is 18.4. The summed E-state index contributed by atoms with van der Waals surface area (Å²) in [5.41, 5.74) is -0.336. The van der Waals surface area contributed by atoms with Gasteiger partial charge >= 0.3 is 0 Å². The number of hydrogen-bond acceptors (Lipinski definition) is 4. The van der Waals surface area contributed by atoms with Gasteiger partial charge in [0.25, 0.3) is 0 Å². The minimum absolute atomic E-state index is 0.0472. The number of nitriles is 1. The van der Waals surface area contributed by atoms with Crippen LogP contribution < -0.4 is 0 Å². The minimum Gasteiger partial charge on any atom is -0.342 e. The van der Waals surface area contributed by atoms with Crippen LogP contribution in [0.2, 0.25) is 0 Å². The Balaban J connectivity index is 1.52. The third-order valence-electron chi connectivity index (χ3n) is 14.1. The summed E-state index contributed by atoms with van der Waals surface area (Å²) in [4.78, 5) is 42.7. The molecule has 7 atom stereocenters. The maximum atomic E-state index is 14.8. The van der Waals surface area contributed by atoms with Crippen molar-refractivity contribution >= 4 is 17.5 Å². The molecule has 0 N–H and O–H groups in total. The lowest BCUT2D eigenvalue weighted by molar-refractivity contribution is -0.213. The highest BCUT2D eigenvalue weighted by molar-refractivity contribution is 6.04. The summed E-state index contributed by atoms with van der Waals surface area (Å²) in [6.45, 7) is 19.7. The fourth-order valence-electron chi connectivity index (χ4n) is 11.8. The van der Waals surface area contributed by atoms with Crippen molar-refractivity contribution in [3.05, 3.63) is 23.3 Å². The standard InChI is InChI=1S/C35H48N2O3/c1-29(2)12-14-35(21-37-16-10-26(37)39)15-13-33(7)27(34(35,8)20-29)23(38)17-25-31(5)18-22(19-36)28(40)30(3,4)24(31)9-11-32(25,33)6/h17-18,24,27H,9-16,20-21H2,1-8H3/t24?,27-,31-,32+,33+,34-,35+/m0/s1. The maximum absolute atomic E-state index is 14.8. The first kappa shape index (κ1) is 27.9. The van der Waals surface area contributed by atoms with Gasteiger partial charge < -0.3 is 4.90 Å². The number of ketones is 2. The highest BCUT2D eigenvalue weighted by Crippen LogP contribution is 2.77. The molecule has 0 aromatic rings. The van der Waals surface area contributed by atoms with E-state index in [9.17, 15) is 19.6 Å². The quantitative estimate of drug-likeness (QED) is 0.357. The summed E-state index contributed by atoms with van der Waals surface area (Å²) in [7, 11) is 0.